The average molecular weight is 434 g/mol. The number of ether oxygens (including phenoxy) is 1. The third-order valence-corrected chi connectivity index (χ3v) is 7.08. The van der Waals surface area contributed by atoms with Gasteiger partial charge in [0.05, 0.1) is 11.6 Å². The highest BCUT2D eigenvalue weighted by Gasteiger charge is 2.49. The standard InChI is InChI=1S/C13H10FN.C13H20O2.C2H2/c1-2-13-7-6-11(9-15-13)10-4-3-5-12(14)8-10;1-8-11-6-9-4-2-3-5-10(9)7-12(11)13(14)15-8;1-2/h2-9H,1H2;8-12H,2-7H2,1H3;1-2H/t;8-,9?,10+,11-,12-;/m.1./s1. The van der Waals surface area contributed by atoms with Crippen LogP contribution < -0.4 is 0 Å². The van der Waals surface area contributed by atoms with Crippen LogP contribution in [-0.4, -0.2) is 17.1 Å². The minimum atomic E-state index is -0.236. The first-order valence-corrected chi connectivity index (χ1v) is 11.4. The van der Waals surface area contributed by atoms with Crippen LogP contribution in [0.15, 0.2) is 49.2 Å². The van der Waals surface area contributed by atoms with Crippen LogP contribution in [0.25, 0.3) is 17.2 Å². The fraction of sp³-hybridized carbons (Fsp3) is 0.429. The first-order valence-electron chi connectivity index (χ1n) is 11.4. The number of fused-ring (bicyclic) bond motifs is 2. The molecule has 5 rings (SSSR count). The van der Waals surface area contributed by atoms with E-state index in [1.54, 1.807) is 18.3 Å². The minimum Gasteiger partial charge on any atom is -0.462 e. The molecule has 2 saturated carbocycles. The molecule has 2 aliphatic carbocycles. The highest BCUT2D eigenvalue weighted by atomic mass is 19.1. The van der Waals surface area contributed by atoms with Crippen molar-refractivity contribution in [2.24, 2.45) is 23.7 Å². The van der Waals surface area contributed by atoms with Gasteiger partial charge in [-0.15, -0.1) is 12.8 Å². The van der Waals surface area contributed by atoms with Gasteiger partial charge >= 0.3 is 5.97 Å². The number of esters is 1. The molecule has 1 saturated heterocycles. The Morgan fingerprint density at radius 1 is 1.09 bits per heavy atom. The summed E-state index contributed by atoms with van der Waals surface area (Å²) >= 11 is 0. The van der Waals surface area contributed by atoms with Crippen LogP contribution in [0.3, 0.4) is 0 Å². The molecule has 0 bridgehead atoms. The molecule has 2 heterocycles. The van der Waals surface area contributed by atoms with Gasteiger partial charge in [-0.3, -0.25) is 9.78 Å². The number of aromatic nitrogens is 1. The quantitative estimate of drug-likeness (QED) is 0.398. The zero-order valence-corrected chi connectivity index (χ0v) is 18.8. The van der Waals surface area contributed by atoms with Crippen LogP contribution in [-0.2, 0) is 9.53 Å². The fourth-order valence-corrected chi connectivity index (χ4v) is 5.43. The predicted molar refractivity (Wildman–Crippen MR) is 127 cm³/mol. The third kappa shape index (κ3) is 5.46. The Labute approximate surface area is 191 Å². The Hall–Kier alpha value is -2.93. The van der Waals surface area contributed by atoms with E-state index >= 15 is 0 Å². The first kappa shape index (κ1) is 23.7. The zero-order chi connectivity index (χ0) is 23.1. The van der Waals surface area contributed by atoms with E-state index in [9.17, 15) is 9.18 Å². The molecule has 168 valence electrons. The van der Waals surface area contributed by atoms with E-state index in [-0.39, 0.29) is 23.8 Å². The van der Waals surface area contributed by atoms with Crippen molar-refractivity contribution >= 4 is 12.0 Å². The molecule has 1 aromatic heterocycles. The van der Waals surface area contributed by atoms with Crippen LogP contribution in [0.5, 0.6) is 0 Å². The molecule has 1 unspecified atom stereocenters. The average Bonchev–Trinajstić information content (AvgIpc) is 3.12. The number of benzene rings is 1. The van der Waals surface area contributed by atoms with Gasteiger partial charge in [0.2, 0.25) is 0 Å². The van der Waals surface area contributed by atoms with Gasteiger partial charge in [0, 0.05) is 17.7 Å². The lowest BCUT2D eigenvalue weighted by molar-refractivity contribution is -0.144. The Balaban J connectivity index is 0.000000168. The molecule has 0 N–H and O–H groups in total. The molecule has 3 fully saturated rings. The molecule has 0 amide bonds. The summed E-state index contributed by atoms with van der Waals surface area (Å²) in [6.45, 7) is 5.70. The SMILES string of the molecule is C#C.C=Cc1ccc(-c2cccc(F)c2)cn1.C[C@H]1OC(=O)[C@@H]2C[C@@H]3CCCCC3C[C@H]12. The molecule has 0 spiro atoms. The summed E-state index contributed by atoms with van der Waals surface area (Å²) in [7, 11) is 0. The lowest BCUT2D eigenvalue weighted by Gasteiger charge is -2.40. The number of halogens is 1. The first-order chi connectivity index (χ1) is 15.5. The van der Waals surface area contributed by atoms with Gasteiger partial charge in [0.25, 0.3) is 0 Å². The van der Waals surface area contributed by atoms with E-state index < -0.39 is 0 Å². The zero-order valence-electron chi connectivity index (χ0n) is 18.8. The van der Waals surface area contributed by atoms with Crippen LogP contribution in [0, 0.1) is 42.3 Å². The molecule has 1 aliphatic heterocycles. The molecular weight excluding hydrogens is 401 g/mol. The van der Waals surface area contributed by atoms with Crippen molar-refractivity contribution in [2.75, 3.05) is 0 Å². The van der Waals surface area contributed by atoms with Crippen molar-refractivity contribution in [2.45, 2.75) is 51.6 Å². The molecule has 3 aliphatic rings. The van der Waals surface area contributed by atoms with E-state index in [0.29, 0.717) is 5.92 Å². The van der Waals surface area contributed by atoms with Crippen molar-refractivity contribution in [3.63, 3.8) is 0 Å². The monoisotopic (exact) mass is 433 g/mol. The van der Waals surface area contributed by atoms with E-state index in [0.717, 1.165) is 35.1 Å². The number of hydrogen-bond donors (Lipinski definition) is 0. The second-order valence-corrected chi connectivity index (χ2v) is 8.87. The third-order valence-electron chi connectivity index (χ3n) is 7.08. The summed E-state index contributed by atoms with van der Waals surface area (Å²) in [5, 5.41) is 0. The molecular formula is C28H32FNO2. The number of nitrogens with zero attached hydrogens (tertiary/aromatic N) is 1. The highest BCUT2D eigenvalue weighted by Crippen LogP contribution is 2.49. The fourth-order valence-electron chi connectivity index (χ4n) is 5.43. The molecule has 1 aromatic carbocycles. The molecule has 32 heavy (non-hydrogen) atoms. The molecule has 4 heteroatoms. The van der Waals surface area contributed by atoms with Crippen molar-refractivity contribution in [3.8, 4) is 24.0 Å². The Bertz CT molecular complexity index is 936. The van der Waals surface area contributed by atoms with Crippen molar-refractivity contribution < 1.29 is 13.9 Å². The van der Waals surface area contributed by atoms with E-state index in [2.05, 4.69) is 31.3 Å². The van der Waals surface area contributed by atoms with Crippen LogP contribution in [0.1, 0.15) is 51.1 Å². The number of rotatable bonds is 2. The Morgan fingerprint density at radius 2 is 1.81 bits per heavy atom. The van der Waals surface area contributed by atoms with Gasteiger partial charge in [0.1, 0.15) is 11.9 Å². The van der Waals surface area contributed by atoms with Crippen LogP contribution in [0.2, 0.25) is 0 Å². The van der Waals surface area contributed by atoms with Crippen molar-refractivity contribution in [1.29, 1.82) is 0 Å². The van der Waals surface area contributed by atoms with Crippen molar-refractivity contribution in [1.82, 2.24) is 4.98 Å². The smallest absolute Gasteiger partial charge is 0.309 e. The van der Waals surface area contributed by atoms with E-state index in [1.807, 2.05) is 18.2 Å². The van der Waals surface area contributed by atoms with E-state index in [1.165, 1.54) is 44.2 Å². The van der Waals surface area contributed by atoms with Gasteiger partial charge in [-0.25, -0.2) is 4.39 Å². The topological polar surface area (TPSA) is 39.2 Å². The largest absolute Gasteiger partial charge is 0.462 e. The summed E-state index contributed by atoms with van der Waals surface area (Å²) < 4.78 is 18.3. The van der Waals surface area contributed by atoms with Crippen LogP contribution >= 0.6 is 0 Å². The van der Waals surface area contributed by atoms with Gasteiger partial charge in [-0.1, -0.05) is 50.5 Å². The number of carbonyl (C=O) groups is 1. The van der Waals surface area contributed by atoms with Gasteiger partial charge in [-0.2, -0.15) is 0 Å². The number of cyclic esters (lactones) is 1. The maximum Gasteiger partial charge on any atom is 0.309 e. The van der Waals surface area contributed by atoms with Gasteiger partial charge in [0.15, 0.2) is 0 Å². The second-order valence-electron chi connectivity index (χ2n) is 8.87. The van der Waals surface area contributed by atoms with Crippen LogP contribution in [0.4, 0.5) is 4.39 Å². The lowest BCUT2D eigenvalue weighted by atomic mass is 9.63. The number of carbonyl (C=O) groups excluding carboxylic acids is 1. The summed E-state index contributed by atoms with van der Waals surface area (Å²) in [5.41, 5.74) is 2.55. The van der Waals surface area contributed by atoms with Gasteiger partial charge in [-0.05, 0) is 61.4 Å². The van der Waals surface area contributed by atoms with E-state index in [4.69, 9.17) is 4.74 Å². The predicted octanol–water partition coefficient (Wildman–Crippen LogP) is 6.54. The van der Waals surface area contributed by atoms with Gasteiger partial charge < -0.3 is 4.74 Å². The molecule has 5 atom stereocenters. The van der Waals surface area contributed by atoms with Crippen molar-refractivity contribution in [3.05, 3.63) is 60.7 Å². The molecule has 3 nitrogen and oxygen atoms in total. The summed E-state index contributed by atoms with van der Waals surface area (Å²) in [5.74, 6) is 2.38. The molecule has 2 aromatic rings. The minimum absolute atomic E-state index is 0.0940. The maximum absolute atomic E-state index is 13.0. The Kier molecular flexibility index (Phi) is 8.22. The number of hydrogen-bond acceptors (Lipinski definition) is 3. The number of terminal acetylenes is 1. The summed E-state index contributed by atoms with van der Waals surface area (Å²) in [4.78, 5) is 15.8. The molecule has 0 radical (unpaired) electrons. The number of pyridine rings is 1. The highest BCUT2D eigenvalue weighted by molar-refractivity contribution is 5.75. The summed E-state index contributed by atoms with van der Waals surface area (Å²) in [6, 6.07) is 10.2. The summed E-state index contributed by atoms with van der Waals surface area (Å²) in [6.07, 6.45) is 19.5. The maximum atomic E-state index is 13.0. The Morgan fingerprint density at radius 3 is 2.44 bits per heavy atom. The normalized spacial score (nSPS) is 27.9. The lowest BCUT2D eigenvalue weighted by Crippen LogP contribution is -2.35. The second kappa shape index (κ2) is 11.1.